The number of nitrogens with zero attached hydrogens (tertiary/aromatic N) is 2. The summed E-state index contributed by atoms with van der Waals surface area (Å²) in [5.41, 5.74) is 5.12. The first-order valence-corrected chi connectivity index (χ1v) is 11.2. The molecule has 2 aromatic carbocycles. The molecular weight excluding hydrogens is 445 g/mol. The Balaban J connectivity index is 1.34. The lowest BCUT2D eigenvalue weighted by Gasteiger charge is -2.26. The third-order valence-electron chi connectivity index (χ3n) is 6.43. The molecule has 0 atom stereocenters. The van der Waals surface area contributed by atoms with Crippen LogP contribution in [-0.2, 0) is 12.0 Å². The second kappa shape index (κ2) is 7.30. The minimum absolute atomic E-state index is 0.227. The van der Waals surface area contributed by atoms with Crippen LogP contribution < -0.4 is 16.1 Å². The average molecular weight is 464 g/mol. The van der Waals surface area contributed by atoms with E-state index in [4.69, 9.17) is 23.2 Å². The highest BCUT2D eigenvalue weighted by atomic mass is 35.5. The Morgan fingerprint density at radius 3 is 2.69 bits per heavy atom. The van der Waals surface area contributed by atoms with Crippen molar-refractivity contribution in [3.8, 4) is 11.1 Å². The third kappa shape index (κ3) is 3.18. The first-order chi connectivity index (χ1) is 15.5. The lowest BCUT2D eigenvalue weighted by molar-refractivity contribution is 0.531. The fraction of sp³-hybridized carbons (Fsp3) is 0.208. The van der Waals surface area contributed by atoms with Crippen LogP contribution in [-0.4, -0.2) is 21.5 Å². The summed E-state index contributed by atoms with van der Waals surface area (Å²) in [6.45, 7) is 1.93. The lowest BCUT2D eigenvalue weighted by atomic mass is 9.88. The Hall–Kier alpha value is -2.93. The van der Waals surface area contributed by atoms with Gasteiger partial charge in [-0.25, -0.2) is 4.98 Å². The highest BCUT2D eigenvalue weighted by Crippen LogP contribution is 2.50. The second-order valence-electron chi connectivity index (χ2n) is 8.46. The van der Waals surface area contributed by atoms with Crippen molar-refractivity contribution in [2.75, 3.05) is 11.9 Å². The molecule has 0 saturated heterocycles. The number of pyridine rings is 1. The van der Waals surface area contributed by atoms with Gasteiger partial charge in [0.15, 0.2) is 5.43 Å². The quantitative estimate of drug-likeness (QED) is 0.390. The van der Waals surface area contributed by atoms with E-state index in [9.17, 15) is 4.79 Å². The maximum absolute atomic E-state index is 13.1. The number of aromatic nitrogens is 3. The van der Waals surface area contributed by atoms with Crippen molar-refractivity contribution in [1.29, 1.82) is 0 Å². The third-order valence-corrected chi connectivity index (χ3v) is 7.06. The normalized spacial score (nSPS) is 16.2. The minimum atomic E-state index is -0.227. The predicted molar refractivity (Wildman–Crippen MR) is 128 cm³/mol. The molecule has 1 saturated carbocycles. The highest BCUT2D eigenvalue weighted by Gasteiger charge is 2.46. The Morgan fingerprint density at radius 1 is 1.09 bits per heavy atom. The average Bonchev–Trinajstić information content (AvgIpc) is 3.55. The summed E-state index contributed by atoms with van der Waals surface area (Å²) in [7, 11) is 0. The van der Waals surface area contributed by atoms with E-state index in [1.807, 2.05) is 0 Å². The Morgan fingerprint density at radius 2 is 1.91 bits per heavy atom. The van der Waals surface area contributed by atoms with Gasteiger partial charge >= 0.3 is 0 Å². The first kappa shape index (κ1) is 19.7. The molecule has 160 valence electrons. The zero-order chi connectivity index (χ0) is 21.9. The fourth-order valence-electron chi connectivity index (χ4n) is 4.60. The van der Waals surface area contributed by atoms with E-state index in [2.05, 4.69) is 43.8 Å². The molecule has 1 aliphatic heterocycles. The topological polar surface area (TPSA) is 82.7 Å². The number of hydrogen-bond acceptors (Lipinski definition) is 5. The minimum Gasteiger partial charge on any atom is -0.345 e. The number of hydrogen-bond donors (Lipinski definition) is 3. The van der Waals surface area contributed by atoms with Crippen molar-refractivity contribution < 1.29 is 0 Å². The number of aromatic amines is 1. The maximum atomic E-state index is 13.1. The van der Waals surface area contributed by atoms with Gasteiger partial charge in [-0.15, -0.1) is 0 Å². The van der Waals surface area contributed by atoms with E-state index in [0.717, 1.165) is 18.8 Å². The summed E-state index contributed by atoms with van der Waals surface area (Å²) in [4.78, 5) is 25.1. The van der Waals surface area contributed by atoms with Crippen molar-refractivity contribution in [3.63, 3.8) is 0 Å². The largest absolute Gasteiger partial charge is 0.345 e. The molecule has 4 aromatic rings. The fourth-order valence-corrected chi connectivity index (χ4v) is 5.20. The molecule has 0 amide bonds. The zero-order valence-corrected chi connectivity index (χ0v) is 18.5. The molecule has 1 fully saturated rings. The first-order valence-electron chi connectivity index (χ1n) is 10.5. The molecular formula is C24H19Cl2N5O. The Bertz CT molecular complexity index is 1420. The molecule has 8 heteroatoms. The van der Waals surface area contributed by atoms with Crippen LogP contribution in [0.4, 0.5) is 11.6 Å². The van der Waals surface area contributed by atoms with Gasteiger partial charge in [0.25, 0.3) is 0 Å². The van der Waals surface area contributed by atoms with E-state index < -0.39 is 0 Å². The number of benzene rings is 2. The Labute approximate surface area is 194 Å². The number of fused-ring (bicyclic) bond motifs is 3. The molecule has 0 bridgehead atoms. The van der Waals surface area contributed by atoms with Gasteiger partial charge in [-0.05, 0) is 48.2 Å². The van der Waals surface area contributed by atoms with Crippen molar-refractivity contribution in [2.45, 2.75) is 24.8 Å². The van der Waals surface area contributed by atoms with E-state index in [1.54, 1.807) is 24.4 Å². The van der Waals surface area contributed by atoms with Crippen LogP contribution >= 0.6 is 23.2 Å². The van der Waals surface area contributed by atoms with Crippen molar-refractivity contribution >= 4 is 45.9 Å². The van der Waals surface area contributed by atoms with Crippen LogP contribution in [0.25, 0.3) is 22.2 Å². The van der Waals surface area contributed by atoms with Crippen LogP contribution in [0.15, 0.2) is 53.6 Å². The van der Waals surface area contributed by atoms with E-state index in [0.29, 0.717) is 43.6 Å². The number of halogens is 2. The Kier molecular flexibility index (Phi) is 4.50. The molecule has 6 nitrogen and oxygen atoms in total. The molecule has 0 radical (unpaired) electrons. The summed E-state index contributed by atoms with van der Waals surface area (Å²) in [6.07, 6.45) is 5.62. The van der Waals surface area contributed by atoms with E-state index >= 15 is 0 Å². The number of anilines is 2. The van der Waals surface area contributed by atoms with Crippen molar-refractivity contribution in [1.82, 2.24) is 20.3 Å². The van der Waals surface area contributed by atoms with Gasteiger partial charge in [-0.1, -0.05) is 35.3 Å². The van der Waals surface area contributed by atoms with Crippen LogP contribution in [0.2, 0.25) is 10.0 Å². The van der Waals surface area contributed by atoms with Crippen LogP contribution in [0.1, 0.15) is 24.0 Å². The summed E-state index contributed by atoms with van der Waals surface area (Å²) in [5, 5.41) is 7.98. The summed E-state index contributed by atoms with van der Waals surface area (Å²) >= 11 is 12.6. The molecule has 2 aliphatic rings. The van der Waals surface area contributed by atoms with E-state index in [-0.39, 0.29) is 5.43 Å². The van der Waals surface area contributed by atoms with Gasteiger partial charge in [-0.3, -0.25) is 4.79 Å². The van der Waals surface area contributed by atoms with E-state index in [1.165, 1.54) is 30.2 Å². The van der Waals surface area contributed by atoms with Crippen molar-refractivity contribution in [2.24, 2.45) is 0 Å². The monoisotopic (exact) mass is 463 g/mol. The number of nitrogens with one attached hydrogen (secondary N) is 3. The zero-order valence-electron chi connectivity index (χ0n) is 17.0. The molecule has 1 spiro atoms. The summed E-state index contributed by atoms with van der Waals surface area (Å²) in [5.74, 6) is 0.418. The maximum Gasteiger partial charge on any atom is 0.229 e. The van der Waals surface area contributed by atoms with Crippen LogP contribution in [0, 0.1) is 0 Å². The van der Waals surface area contributed by atoms with Gasteiger partial charge in [0.1, 0.15) is 5.65 Å². The molecule has 2 aromatic heterocycles. The second-order valence-corrected chi connectivity index (χ2v) is 9.28. The summed E-state index contributed by atoms with van der Waals surface area (Å²) < 4.78 is 0. The smallest absolute Gasteiger partial charge is 0.229 e. The number of H-pyrrole nitrogens is 1. The SMILES string of the molecule is O=c1c(-c2c(Cl)cccc2Cl)c[nH]c2nc(Nc3ccc4c(c3)CNCC43CC3)ncc12. The molecule has 6 rings (SSSR count). The molecule has 3 N–H and O–H groups in total. The molecule has 32 heavy (non-hydrogen) atoms. The van der Waals surface area contributed by atoms with Crippen LogP contribution in [0.5, 0.6) is 0 Å². The summed E-state index contributed by atoms with van der Waals surface area (Å²) in [6, 6.07) is 11.6. The molecule has 1 aliphatic carbocycles. The molecule has 0 unspecified atom stereocenters. The lowest BCUT2D eigenvalue weighted by Crippen LogP contribution is -2.33. The number of rotatable bonds is 3. The van der Waals surface area contributed by atoms with Crippen molar-refractivity contribution in [3.05, 3.63) is 80.2 Å². The van der Waals surface area contributed by atoms with Gasteiger partial charge in [-0.2, -0.15) is 4.98 Å². The van der Waals surface area contributed by atoms with Gasteiger partial charge in [0.2, 0.25) is 5.95 Å². The van der Waals surface area contributed by atoms with Crippen LogP contribution in [0.3, 0.4) is 0 Å². The predicted octanol–water partition coefficient (Wildman–Crippen LogP) is 5.17. The highest BCUT2D eigenvalue weighted by molar-refractivity contribution is 6.39. The van der Waals surface area contributed by atoms with Gasteiger partial charge < -0.3 is 15.6 Å². The standard InChI is InChI=1S/C24H19Cl2N5O/c25-18-2-1-3-19(26)20(18)15-10-28-22-16(21(15)32)11-29-23(31-22)30-14-4-5-17-13(8-14)9-27-12-24(17)6-7-24/h1-5,8,10-11,27H,6-7,9,12H2,(H2,28,29,30,31,32). The van der Waals surface area contributed by atoms with Gasteiger partial charge in [0, 0.05) is 47.7 Å². The molecule has 3 heterocycles. The van der Waals surface area contributed by atoms with Gasteiger partial charge in [0.05, 0.1) is 15.4 Å².